The zero-order chi connectivity index (χ0) is 8.27. The predicted octanol–water partition coefficient (Wildman–Crippen LogP) is 0.775. The van der Waals surface area contributed by atoms with Gasteiger partial charge in [-0.3, -0.25) is 4.79 Å². The average molecular weight is 152 g/mol. The minimum Gasteiger partial charge on any atom is -0.351 e. The van der Waals surface area contributed by atoms with Crippen molar-refractivity contribution in [3.8, 4) is 0 Å². The van der Waals surface area contributed by atoms with Crippen LogP contribution in [0.4, 0.5) is 0 Å². The summed E-state index contributed by atoms with van der Waals surface area (Å²) < 4.78 is 1.80. The molecule has 1 aromatic heterocycles. The third kappa shape index (κ3) is 1.61. The van der Waals surface area contributed by atoms with Crippen LogP contribution in [0.5, 0.6) is 0 Å². The fraction of sp³-hybridized carbons (Fsp3) is 0.375. The van der Waals surface area contributed by atoms with Crippen molar-refractivity contribution < 1.29 is 4.79 Å². The molecule has 0 saturated heterocycles. The minimum absolute atomic E-state index is 0.0139. The summed E-state index contributed by atoms with van der Waals surface area (Å²) in [5.41, 5.74) is 0.701. The maximum Gasteiger partial charge on any atom is 0.267 e. The largest absolute Gasteiger partial charge is 0.351 e. The van der Waals surface area contributed by atoms with Gasteiger partial charge in [0.25, 0.3) is 5.91 Å². The van der Waals surface area contributed by atoms with Crippen LogP contribution < -0.4 is 5.32 Å². The van der Waals surface area contributed by atoms with E-state index in [-0.39, 0.29) is 5.91 Å². The fourth-order valence-corrected chi connectivity index (χ4v) is 0.948. The number of carbonyl (C=O) groups is 1. The van der Waals surface area contributed by atoms with Crippen molar-refractivity contribution >= 4 is 5.91 Å². The number of nitrogens with one attached hydrogen (secondary N) is 1. The number of nitrogens with zero attached hydrogens (tertiary/aromatic N) is 1. The van der Waals surface area contributed by atoms with Crippen LogP contribution in [0, 0.1) is 0 Å². The van der Waals surface area contributed by atoms with E-state index in [9.17, 15) is 4.79 Å². The Balaban J connectivity index is 2.76. The van der Waals surface area contributed by atoms with Crippen molar-refractivity contribution in [3.63, 3.8) is 0 Å². The second kappa shape index (κ2) is 3.23. The van der Waals surface area contributed by atoms with Gasteiger partial charge in [0.15, 0.2) is 0 Å². The molecule has 0 spiro atoms. The van der Waals surface area contributed by atoms with Crippen molar-refractivity contribution in [1.82, 2.24) is 9.88 Å². The van der Waals surface area contributed by atoms with E-state index in [0.29, 0.717) is 12.2 Å². The molecule has 0 aliphatic heterocycles. The van der Waals surface area contributed by atoms with E-state index in [1.54, 1.807) is 10.6 Å². The van der Waals surface area contributed by atoms with Gasteiger partial charge in [0.1, 0.15) is 5.69 Å². The highest BCUT2D eigenvalue weighted by atomic mass is 16.1. The van der Waals surface area contributed by atoms with Gasteiger partial charge in [-0.15, -0.1) is 0 Å². The topological polar surface area (TPSA) is 34.0 Å². The third-order valence-corrected chi connectivity index (χ3v) is 1.51. The summed E-state index contributed by atoms with van der Waals surface area (Å²) in [5.74, 6) is -0.0139. The highest BCUT2D eigenvalue weighted by Gasteiger charge is 2.05. The molecule has 0 bridgehead atoms. The molecular formula is C8H12N2O. The zero-order valence-electron chi connectivity index (χ0n) is 6.79. The molecule has 1 heterocycles. The molecule has 0 aliphatic carbocycles. The molecule has 1 aromatic rings. The molecule has 0 atom stereocenters. The van der Waals surface area contributed by atoms with Crippen molar-refractivity contribution in [3.05, 3.63) is 24.0 Å². The molecule has 0 aliphatic rings. The number of amides is 1. The second-order valence-corrected chi connectivity index (χ2v) is 2.36. The number of aromatic nitrogens is 1. The number of hydrogen-bond acceptors (Lipinski definition) is 1. The van der Waals surface area contributed by atoms with Crippen molar-refractivity contribution in [2.45, 2.75) is 6.92 Å². The Bertz CT molecular complexity index is 252. The molecule has 3 heteroatoms. The number of aryl methyl sites for hydroxylation is 1. The first-order chi connectivity index (χ1) is 5.25. The monoisotopic (exact) mass is 152 g/mol. The Hall–Kier alpha value is -1.25. The van der Waals surface area contributed by atoms with Crippen molar-refractivity contribution in [2.75, 3.05) is 6.54 Å². The fourth-order valence-electron chi connectivity index (χ4n) is 0.948. The van der Waals surface area contributed by atoms with Crippen molar-refractivity contribution in [2.24, 2.45) is 7.05 Å². The van der Waals surface area contributed by atoms with Gasteiger partial charge in [-0.1, -0.05) is 0 Å². The molecule has 0 unspecified atom stereocenters. The first-order valence-corrected chi connectivity index (χ1v) is 3.65. The van der Waals surface area contributed by atoms with Crippen LogP contribution in [0.2, 0.25) is 0 Å². The van der Waals surface area contributed by atoms with Crippen LogP contribution in [0.15, 0.2) is 18.3 Å². The van der Waals surface area contributed by atoms with Crippen LogP contribution in [0.1, 0.15) is 17.4 Å². The van der Waals surface area contributed by atoms with Gasteiger partial charge in [-0.05, 0) is 19.1 Å². The molecule has 0 saturated carbocycles. The molecule has 11 heavy (non-hydrogen) atoms. The van der Waals surface area contributed by atoms with E-state index in [0.717, 1.165) is 0 Å². The third-order valence-electron chi connectivity index (χ3n) is 1.51. The van der Waals surface area contributed by atoms with Crippen LogP contribution in [-0.4, -0.2) is 17.0 Å². The smallest absolute Gasteiger partial charge is 0.267 e. The standard InChI is InChI=1S/C8H12N2O/c1-3-9-8(11)7-5-4-6-10(7)2/h4-6H,3H2,1-2H3,(H,9,11). The van der Waals surface area contributed by atoms with E-state index in [4.69, 9.17) is 0 Å². The van der Waals surface area contributed by atoms with E-state index in [1.165, 1.54) is 0 Å². The summed E-state index contributed by atoms with van der Waals surface area (Å²) in [4.78, 5) is 11.2. The molecular weight excluding hydrogens is 140 g/mol. The maximum atomic E-state index is 11.2. The Morgan fingerprint density at radius 3 is 2.91 bits per heavy atom. The Morgan fingerprint density at radius 1 is 1.73 bits per heavy atom. The van der Waals surface area contributed by atoms with Crippen LogP contribution >= 0.6 is 0 Å². The second-order valence-electron chi connectivity index (χ2n) is 2.36. The van der Waals surface area contributed by atoms with Gasteiger partial charge in [-0.2, -0.15) is 0 Å². The van der Waals surface area contributed by atoms with Crippen LogP contribution in [-0.2, 0) is 7.05 Å². The lowest BCUT2D eigenvalue weighted by molar-refractivity contribution is 0.0948. The molecule has 3 nitrogen and oxygen atoms in total. The van der Waals surface area contributed by atoms with E-state index >= 15 is 0 Å². The molecule has 0 radical (unpaired) electrons. The lowest BCUT2D eigenvalue weighted by Crippen LogP contribution is -2.24. The zero-order valence-corrected chi connectivity index (χ0v) is 6.79. The Labute approximate surface area is 66.0 Å². The van der Waals surface area contributed by atoms with Crippen molar-refractivity contribution in [1.29, 1.82) is 0 Å². The summed E-state index contributed by atoms with van der Waals surface area (Å²) in [5, 5.41) is 2.73. The first-order valence-electron chi connectivity index (χ1n) is 3.65. The van der Waals surface area contributed by atoms with Gasteiger partial charge < -0.3 is 9.88 Å². The number of carbonyl (C=O) groups excluding carboxylic acids is 1. The molecule has 0 aromatic carbocycles. The average Bonchev–Trinajstić information content (AvgIpc) is 2.36. The summed E-state index contributed by atoms with van der Waals surface area (Å²) in [6.07, 6.45) is 1.85. The summed E-state index contributed by atoms with van der Waals surface area (Å²) in [6, 6.07) is 3.65. The van der Waals surface area contributed by atoms with Crippen LogP contribution in [0.25, 0.3) is 0 Å². The van der Waals surface area contributed by atoms with Gasteiger partial charge >= 0.3 is 0 Å². The molecule has 1 N–H and O–H groups in total. The Kier molecular flexibility index (Phi) is 2.31. The van der Waals surface area contributed by atoms with E-state index in [2.05, 4.69) is 5.32 Å². The molecule has 0 fully saturated rings. The summed E-state index contributed by atoms with van der Waals surface area (Å²) >= 11 is 0. The lowest BCUT2D eigenvalue weighted by Gasteiger charge is -2.01. The summed E-state index contributed by atoms with van der Waals surface area (Å²) in [7, 11) is 1.85. The Morgan fingerprint density at radius 2 is 2.45 bits per heavy atom. The maximum absolute atomic E-state index is 11.2. The quantitative estimate of drug-likeness (QED) is 0.667. The highest BCUT2D eigenvalue weighted by molar-refractivity contribution is 5.92. The van der Waals surface area contributed by atoms with Gasteiger partial charge in [0.05, 0.1) is 0 Å². The van der Waals surface area contributed by atoms with Gasteiger partial charge in [0.2, 0.25) is 0 Å². The highest BCUT2D eigenvalue weighted by Crippen LogP contribution is 1.97. The van der Waals surface area contributed by atoms with E-state index in [1.807, 2.05) is 26.2 Å². The van der Waals surface area contributed by atoms with Gasteiger partial charge in [-0.25, -0.2) is 0 Å². The first kappa shape index (κ1) is 7.85. The van der Waals surface area contributed by atoms with Crippen LogP contribution in [0.3, 0.4) is 0 Å². The normalized spacial score (nSPS) is 9.64. The molecule has 60 valence electrons. The molecule has 1 amide bonds. The predicted molar refractivity (Wildman–Crippen MR) is 43.4 cm³/mol. The van der Waals surface area contributed by atoms with Gasteiger partial charge in [0, 0.05) is 19.8 Å². The minimum atomic E-state index is -0.0139. The molecule has 1 rings (SSSR count). The lowest BCUT2D eigenvalue weighted by atomic mass is 10.4. The number of rotatable bonds is 2. The van der Waals surface area contributed by atoms with E-state index < -0.39 is 0 Å². The SMILES string of the molecule is CCNC(=O)c1cccn1C. The summed E-state index contributed by atoms with van der Waals surface area (Å²) in [6.45, 7) is 2.57. The number of hydrogen-bond donors (Lipinski definition) is 1.